The highest BCUT2D eigenvalue weighted by molar-refractivity contribution is 7.80. The van der Waals surface area contributed by atoms with Gasteiger partial charge >= 0.3 is 0 Å². The average molecular weight is 373 g/mol. The lowest BCUT2D eigenvalue weighted by atomic mass is 10.2. The van der Waals surface area contributed by atoms with Gasteiger partial charge in [0.2, 0.25) is 5.95 Å². The van der Waals surface area contributed by atoms with Crippen LogP contribution in [0.5, 0.6) is 0 Å². The van der Waals surface area contributed by atoms with Crippen LogP contribution in [0.15, 0.2) is 79.1 Å². The van der Waals surface area contributed by atoms with Crippen molar-refractivity contribution < 1.29 is 0 Å². The fourth-order valence-electron chi connectivity index (χ4n) is 2.93. The summed E-state index contributed by atoms with van der Waals surface area (Å²) in [5.41, 5.74) is 4.28. The Bertz CT molecular complexity index is 1040. The SMILES string of the molecule is S=C(NCc1cccnc1)Nc1nc2ccccc2n1Cc1ccccc1. The second kappa shape index (κ2) is 7.97. The van der Waals surface area contributed by atoms with Crippen LogP contribution in [0.3, 0.4) is 0 Å². The van der Waals surface area contributed by atoms with E-state index < -0.39 is 0 Å². The fourth-order valence-corrected chi connectivity index (χ4v) is 3.09. The molecule has 134 valence electrons. The molecule has 2 heterocycles. The van der Waals surface area contributed by atoms with Crippen LogP contribution in [0.25, 0.3) is 11.0 Å². The van der Waals surface area contributed by atoms with Crippen LogP contribution in [-0.2, 0) is 13.1 Å². The van der Waals surface area contributed by atoms with Crippen LogP contribution in [0.2, 0.25) is 0 Å². The molecule has 0 fully saturated rings. The van der Waals surface area contributed by atoms with E-state index in [1.807, 2.05) is 54.7 Å². The molecule has 2 N–H and O–H groups in total. The molecule has 0 amide bonds. The topological polar surface area (TPSA) is 54.8 Å². The van der Waals surface area contributed by atoms with E-state index in [-0.39, 0.29) is 0 Å². The van der Waals surface area contributed by atoms with Crippen LogP contribution in [0.1, 0.15) is 11.1 Å². The molecule has 27 heavy (non-hydrogen) atoms. The van der Waals surface area contributed by atoms with E-state index in [0.717, 1.165) is 29.1 Å². The minimum Gasteiger partial charge on any atom is -0.358 e. The summed E-state index contributed by atoms with van der Waals surface area (Å²) in [6.07, 6.45) is 3.58. The monoisotopic (exact) mass is 373 g/mol. The van der Waals surface area contributed by atoms with Crippen molar-refractivity contribution in [1.82, 2.24) is 19.9 Å². The molecule has 2 aromatic heterocycles. The van der Waals surface area contributed by atoms with E-state index in [1.165, 1.54) is 5.56 Å². The summed E-state index contributed by atoms with van der Waals surface area (Å²) in [5, 5.41) is 6.98. The lowest BCUT2D eigenvalue weighted by Crippen LogP contribution is -2.29. The maximum Gasteiger partial charge on any atom is 0.210 e. The zero-order valence-electron chi connectivity index (χ0n) is 14.7. The Balaban J connectivity index is 1.55. The van der Waals surface area contributed by atoms with Crippen molar-refractivity contribution in [1.29, 1.82) is 0 Å². The van der Waals surface area contributed by atoms with Crippen LogP contribution in [0, 0.1) is 0 Å². The quantitative estimate of drug-likeness (QED) is 0.519. The number of rotatable bonds is 5. The molecule has 0 spiro atoms. The Kier molecular flexibility index (Phi) is 5.07. The van der Waals surface area contributed by atoms with Crippen molar-refractivity contribution in [3.8, 4) is 0 Å². The zero-order valence-corrected chi connectivity index (χ0v) is 15.5. The molecule has 0 aliphatic heterocycles. The van der Waals surface area contributed by atoms with Gasteiger partial charge in [0, 0.05) is 18.9 Å². The van der Waals surface area contributed by atoms with Gasteiger partial charge in [0.15, 0.2) is 5.11 Å². The molecular formula is C21H19N5S. The number of hydrogen-bond acceptors (Lipinski definition) is 3. The van der Waals surface area contributed by atoms with E-state index in [2.05, 4.69) is 38.4 Å². The van der Waals surface area contributed by atoms with Crippen LogP contribution >= 0.6 is 12.2 Å². The number of pyridine rings is 1. The first-order chi connectivity index (χ1) is 13.3. The summed E-state index contributed by atoms with van der Waals surface area (Å²) >= 11 is 5.47. The van der Waals surface area contributed by atoms with Gasteiger partial charge in [0.1, 0.15) is 0 Å². The van der Waals surface area contributed by atoms with Crippen molar-refractivity contribution in [3.05, 3.63) is 90.3 Å². The number of nitrogens with one attached hydrogen (secondary N) is 2. The molecule has 4 rings (SSSR count). The van der Waals surface area contributed by atoms with E-state index in [9.17, 15) is 0 Å². The van der Waals surface area contributed by atoms with Gasteiger partial charge < -0.3 is 15.2 Å². The van der Waals surface area contributed by atoms with Crippen molar-refractivity contribution in [2.45, 2.75) is 13.1 Å². The highest BCUT2D eigenvalue weighted by atomic mass is 32.1. The Morgan fingerprint density at radius 2 is 1.70 bits per heavy atom. The number of thiocarbonyl (C=S) groups is 1. The molecule has 2 aromatic carbocycles. The number of fused-ring (bicyclic) bond motifs is 1. The maximum absolute atomic E-state index is 5.47. The highest BCUT2D eigenvalue weighted by Gasteiger charge is 2.12. The Morgan fingerprint density at radius 3 is 2.52 bits per heavy atom. The largest absolute Gasteiger partial charge is 0.358 e. The molecule has 6 heteroatoms. The third kappa shape index (κ3) is 4.12. The number of para-hydroxylation sites is 2. The molecule has 0 aliphatic carbocycles. The molecule has 0 aliphatic rings. The van der Waals surface area contributed by atoms with Crippen LogP contribution < -0.4 is 10.6 Å². The summed E-state index contributed by atoms with van der Waals surface area (Å²) in [6.45, 7) is 1.33. The van der Waals surface area contributed by atoms with Gasteiger partial charge in [-0.15, -0.1) is 0 Å². The maximum atomic E-state index is 5.47. The number of anilines is 1. The van der Waals surface area contributed by atoms with Crippen LogP contribution in [0.4, 0.5) is 5.95 Å². The third-order valence-electron chi connectivity index (χ3n) is 4.24. The number of benzene rings is 2. The zero-order chi connectivity index (χ0) is 18.5. The van der Waals surface area contributed by atoms with E-state index in [4.69, 9.17) is 17.2 Å². The van der Waals surface area contributed by atoms with Gasteiger partial charge in [-0.05, 0) is 41.5 Å². The van der Waals surface area contributed by atoms with E-state index in [0.29, 0.717) is 11.7 Å². The van der Waals surface area contributed by atoms with Gasteiger partial charge in [-0.25, -0.2) is 4.98 Å². The first-order valence-electron chi connectivity index (χ1n) is 8.72. The summed E-state index contributed by atoms with van der Waals surface area (Å²) in [6, 6.07) is 22.3. The van der Waals surface area contributed by atoms with E-state index >= 15 is 0 Å². The second-order valence-corrected chi connectivity index (χ2v) is 6.57. The molecule has 0 saturated heterocycles. The average Bonchev–Trinajstić information content (AvgIpc) is 3.05. The fraction of sp³-hybridized carbons (Fsp3) is 0.0952. The number of imidazole rings is 1. The predicted octanol–water partition coefficient (Wildman–Crippen LogP) is 3.97. The van der Waals surface area contributed by atoms with Gasteiger partial charge in [-0.1, -0.05) is 48.5 Å². The van der Waals surface area contributed by atoms with Crippen molar-refractivity contribution in [3.63, 3.8) is 0 Å². The lowest BCUT2D eigenvalue weighted by molar-refractivity contribution is 0.832. The minimum atomic E-state index is 0.531. The van der Waals surface area contributed by atoms with Gasteiger partial charge in [-0.3, -0.25) is 4.98 Å². The molecule has 0 saturated carbocycles. The van der Waals surface area contributed by atoms with Gasteiger partial charge in [-0.2, -0.15) is 0 Å². The van der Waals surface area contributed by atoms with Crippen molar-refractivity contribution in [2.75, 3.05) is 5.32 Å². The predicted molar refractivity (Wildman–Crippen MR) is 113 cm³/mol. The molecule has 0 bridgehead atoms. The number of nitrogens with zero attached hydrogens (tertiary/aromatic N) is 3. The second-order valence-electron chi connectivity index (χ2n) is 6.16. The summed E-state index contributed by atoms with van der Waals surface area (Å²) in [4.78, 5) is 8.83. The molecular weight excluding hydrogens is 354 g/mol. The molecule has 0 unspecified atom stereocenters. The Morgan fingerprint density at radius 1 is 0.926 bits per heavy atom. The number of aromatic nitrogens is 3. The lowest BCUT2D eigenvalue weighted by Gasteiger charge is -2.13. The Hall–Kier alpha value is -3.25. The minimum absolute atomic E-state index is 0.531. The summed E-state index contributed by atoms with van der Waals surface area (Å²) in [7, 11) is 0. The van der Waals surface area contributed by atoms with E-state index in [1.54, 1.807) is 6.20 Å². The normalized spacial score (nSPS) is 10.7. The molecule has 0 radical (unpaired) electrons. The first-order valence-corrected chi connectivity index (χ1v) is 9.13. The van der Waals surface area contributed by atoms with Crippen molar-refractivity contribution >= 4 is 34.3 Å². The van der Waals surface area contributed by atoms with Gasteiger partial charge in [0.05, 0.1) is 17.6 Å². The third-order valence-corrected chi connectivity index (χ3v) is 4.49. The highest BCUT2D eigenvalue weighted by Crippen LogP contribution is 2.21. The molecule has 5 nitrogen and oxygen atoms in total. The first kappa shape index (κ1) is 17.2. The standard InChI is InChI=1S/C21H19N5S/c27-21(23-14-17-9-6-12-22-13-17)25-20-24-18-10-4-5-11-19(18)26(20)15-16-7-2-1-3-8-16/h1-13H,14-15H2,(H2,23,24,25,27). The van der Waals surface area contributed by atoms with Gasteiger partial charge in [0.25, 0.3) is 0 Å². The summed E-state index contributed by atoms with van der Waals surface area (Å²) < 4.78 is 2.14. The number of hydrogen-bond donors (Lipinski definition) is 2. The van der Waals surface area contributed by atoms with Crippen LogP contribution in [-0.4, -0.2) is 19.6 Å². The molecule has 0 atom stereocenters. The van der Waals surface area contributed by atoms with Crippen molar-refractivity contribution in [2.24, 2.45) is 0 Å². The Labute approximate surface area is 163 Å². The summed E-state index contributed by atoms with van der Waals surface area (Å²) in [5.74, 6) is 0.726. The molecule has 4 aromatic rings. The smallest absolute Gasteiger partial charge is 0.210 e.